The molecular weight excluding hydrogens is 186 g/mol. The van der Waals surface area contributed by atoms with E-state index in [9.17, 15) is 8.42 Å². The van der Waals surface area contributed by atoms with Gasteiger partial charge in [0.1, 0.15) is 0 Å². The van der Waals surface area contributed by atoms with Gasteiger partial charge < -0.3 is 5.32 Å². The van der Waals surface area contributed by atoms with Gasteiger partial charge in [0.05, 0.1) is 10.9 Å². The van der Waals surface area contributed by atoms with E-state index in [1.807, 2.05) is 24.4 Å². The summed E-state index contributed by atoms with van der Waals surface area (Å²) in [6.45, 7) is 0. The van der Waals surface area contributed by atoms with Crippen LogP contribution in [0, 0.1) is 0 Å². The summed E-state index contributed by atoms with van der Waals surface area (Å²) in [6.07, 6.45) is 9.75. The van der Waals surface area contributed by atoms with Gasteiger partial charge in [-0.1, -0.05) is 12.2 Å². The third-order valence-corrected chi connectivity index (χ3v) is 2.86. The molecule has 1 atom stereocenters. The van der Waals surface area contributed by atoms with Crippen molar-refractivity contribution >= 4 is 15.2 Å². The minimum atomic E-state index is -2.08. The Morgan fingerprint density at radius 1 is 1.46 bits per heavy atom. The van der Waals surface area contributed by atoms with Crippen LogP contribution in [-0.2, 0) is 10.3 Å². The molecule has 4 heteroatoms. The van der Waals surface area contributed by atoms with Crippen LogP contribution in [0.4, 0.5) is 0 Å². The molecule has 0 bridgehead atoms. The molecule has 0 radical (unpaired) electrons. The van der Waals surface area contributed by atoms with Crippen LogP contribution in [0.25, 0.3) is 0 Å². The molecule has 1 aliphatic carbocycles. The summed E-state index contributed by atoms with van der Waals surface area (Å²) in [6, 6.07) is 0.178. The largest absolute Gasteiger partial charge is 0.381 e. The molecule has 1 aliphatic heterocycles. The molecule has 0 saturated carbocycles. The number of hydrogen-bond donors (Lipinski definition) is 1. The Labute approximate surface area is 78.0 Å². The van der Waals surface area contributed by atoms with Crippen molar-refractivity contribution in [2.45, 2.75) is 12.5 Å². The summed E-state index contributed by atoms with van der Waals surface area (Å²) in [5.41, 5.74) is 1.10. The number of fused-ring (bicyclic) bond motifs is 1. The predicted octanol–water partition coefficient (Wildman–Crippen LogP) is 0.410. The summed E-state index contributed by atoms with van der Waals surface area (Å²) in [5.74, 6) is 0. The maximum Gasteiger partial charge on any atom is 0.217 e. The van der Waals surface area contributed by atoms with Crippen molar-refractivity contribution in [3.8, 4) is 0 Å². The van der Waals surface area contributed by atoms with Gasteiger partial charge in [-0.3, -0.25) is 0 Å². The zero-order valence-corrected chi connectivity index (χ0v) is 7.71. The minimum Gasteiger partial charge on any atom is -0.381 e. The van der Waals surface area contributed by atoms with Crippen molar-refractivity contribution in [2.75, 3.05) is 0 Å². The summed E-state index contributed by atoms with van der Waals surface area (Å²) in [7, 11) is -2.08. The van der Waals surface area contributed by atoms with E-state index in [1.54, 1.807) is 6.08 Å². The Morgan fingerprint density at radius 3 is 3.08 bits per heavy atom. The number of rotatable bonds is 0. The molecule has 1 N–H and O–H groups in total. The Balaban J connectivity index is 2.42. The van der Waals surface area contributed by atoms with Crippen molar-refractivity contribution < 1.29 is 8.42 Å². The second-order valence-electron chi connectivity index (χ2n) is 2.98. The van der Waals surface area contributed by atoms with E-state index in [0.29, 0.717) is 11.3 Å². The van der Waals surface area contributed by atoms with Crippen molar-refractivity contribution in [3.05, 3.63) is 36.1 Å². The van der Waals surface area contributed by atoms with E-state index in [-0.39, 0.29) is 6.04 Å². The highest BCUT2D eigenvalue weighted by Gasteiger charge is 2.17. The molecule has 0 aromatic heterocycles. The first-order chi connectivity index (χ1) is 6.27. The van der Waals surface area contributed by atoms with Gasteiger partial charge in [0.25, 0.3) is 0 Å². The fourth-order valence-corrected chi connectivity index (χ4v) is 1.94. The van der Waals surface area contributed by atoms with E-state index in [0.717, 1.165) is 5.57 Å². The van der Waals surface area contributed by atoms with Gasteiger partial charge in [0.15, 0.2) is 0 Å². The summed E-state index contributed by atoms with van der Waals surface area (Å²) < 4.78 is 21.3. The maximum atomic E-state index is 10.7. The summed E-state index contributed by atoms with van der Waals surface area (Å²) in [4.78, 5) is 0.458. The third kappa shape index (κ3) is 1.58. The maximum absolute atomic E-state index is 10.7. The fourth-order valence-electron chi connectivity index (χ4n) is 1.47. The third-order valence-electron chi connectivity index (χ3n) is 2.15. The molecular formula is C9H9NO2S. The van der Waals surface area contributed by atoms with Crippen LogP contribution >= 0.6 is 0 Å². The topological polar surface area (TPSA) is 46.2 Å². The Morgan fingerprint density at radius 2 is 2.31 bits per heavy atom. The normalized spacial score (nSPS) is 24.8. The van der Waals surface area contributed by atoms with Crippen molar-refractivity contribution in [1.82, 2.24) is 5.32 Å². The van der Waals surface area contributed by atoms with Crippen LogP contribution in [0.3, 0.4) is 0 Å². The summed E-state index contributed by atoms with van der Waals surface area (Å²) >= 11 is 0. The molecule has 2 rings (SSSR count). The number of allylic oxidation sites excluding steroid dienone is 3. The van der Waals surface area contributed by atoms with Gasteiger partial charge >= 0.3 is 0 Å². The minimum absolute atomic E-state index is 0.178. The zero-order chi connectivity index (χ0) is 9.26. The first-order valence-corrected chi connectivity index (χ1v) is 5.10. The molecule has 68 valence electrons. The van der Waals surface area contributed by atoms with Crippen LogP contribution in [0.5, 0.6) is 0 Å². The second-order valence-corrected chi connectivity index (χ2v) is 3.98. The number of dihydropyridines is 1. The highest BCUT2D eigenvalue weighted by molar-refractivity contribution is 7.73. The average molecular weight is 195 g/mol. The molecule has 0 aromatic rings. The second kappa shape index (κ2) is 3.22. The van der Waals surface area contributed by atoms with E-state index < -0.39 is 10.3 Å². The van der Waals surface area contributed by atoms with Crippen LogP contribution < -0.4 is 5.32 Å². The molecule has 3 nitrogen and oxygen atoms in total. The van der Waals surface area contributed by atoms with Gasteiger partial charge in [-0.15, -0.1) is 0 Å². The van der Waals surface area contributed by atoms with Crippen LogP contribution in [-0.4, -0.2) is 19.3 Å². The zero-order valence-electron chi connectivity index (χ0n) is 6.90. The smallest absolute Gasteiger partial charge is 0.217 e. The van der Waals surface area contributed by atoms with Crippen LogP contribution in [0.2, 0.25) is 0 Å². The van der Waals surface area contributed by atoms with Crippen molar-refractivity contribution in [1.29, 1.82) is 0 Å². The monoisotopic (exact) mass is 195 g/mol. The molecule has 0 fully saturated rings. The predicted molar refractivity (Wildman–Crippen MR) is 51.8 cm³/mol. The molecule has 0 saturated heterocycles. The first kappa shape index (κ1) is 8.31. The van der Waals surface area contributed by atoms with E-state index in [1.165, 1.54) is 0 Å². The molecule has 1 unspecified atom stereocenters. The average Bonchev–Trinajstić information content (AvgIpc) is 2.17. The lowest BCUT2D eigenvalue weighted by Crippen LogP contribution is -2.30. The summed E-state index contributed by atoms with van der Waals surface area (Å²) in [5, 5.41) is 3.13. The van der Waals surface area contributed by atoms with E-state index in [4.69, 9.17) is 0 Å². The van der Waals surface area contributed by atoms with Crippen molar-refractivity contribution in [3.63, 3.8) is 0 Å². The van der Waals surface area contributed by atoms with Gasteiger partial charge in [-0.25, -0.2) is 0 Å². The lowest BCUT2D eigenvalue weighted by Gasteiger charge is -2.23. The van der Waals surface area contributed by atoms with Gasteiger partial charge in [0, 0.05) is 6.42 Å². The highest BCUT2D eigenvalue weighted by Crippen LogP contribution is 2.18. The van der Waals surface area contributed by atoms with Crippen LogP contribution in [0.1, 0.15) is 6.42 Å². The Bertz CT molecular complexity index is 432. The molecule has 0 spiro atoms. The van der Waals surface area contributed by atoms with Crippen LogP contribution in [0.15, 0.2) is 36.1 Å². The van der Waals surface area contributed by atoms with E-state index in [2.05, 4.69) is 5.32 Å². The fraction of sp³-hybridized carbons (Fsp3) is 0.222. The number of nitrogens with one attached hydrogen (secondary N) is 1. The SMILES string of the molecule is O=S(=O)=C1C=CC2NC=CC=C2C1. The molecule has 1 heterocycles. The molecule has 0 amide bonds. The molecule has 2 aliphatic rings. The molecule has 0 aromatic carbocycles. The van der Waals surface area contributed by atoms with Gasteiger partial charge in [-0.05, 0) is 23.9 Å². The lowest BCUT2D eigenvalue weighted by molar-refractivity contribution is 0.626. The first-order valence-electron chi connectivity index (χ1n) is 4.02. The van der Waals surface area contributed by atoms with Gasteiger partial charge in [-0.2, -0.15) is 8.42 Å². The highest BCUT2D eigenvalue weighted by atomic mass is 32.2. The Kier molecular flexibility index (Phi) is 2.06. The molecule has 13 heavy (non-hydrogen) atoms. The number of hydrogen-bond acceptors (Lipinski definition) is 3. The van der Waals surface area contributed by atoms with Crippen molar-refractivity contribution in [2.24, 2.45) is 0 Å². The lowest BCUT2D eigenvalue weighted by atomic mass is 9.94. The van der Waals surface area contributed by atoms with E-state index >= 15 is 0 Å². The Hall–Kier alpha value is -1.29. The van der Waals surface area contributed by atoms with Gasteiger partial charge in [0.2, 0.25) is 10.3 Å². The standard InChI is InChI=1S/C9H9NO2S/c11-13(12)8-3-4-9-7(6-8)2-1-5-10-9/h1-5,9-10H,6H2. The quantitative estimate of drug-likeness (QED) is 0.569.